The summed E-state index contributed by atoms with van der Waals surface area (Å²) in [4.78, 5) is 11.8. The third kappa shape index (κ3) is 2.11. The third-order valence-corrected chi connectivity index (χ3v) is 2.86. The van der Waals surface area contributed by atoms with E-state index >= 15 is 0 Å². The first-order valence-corrected chi connectivity index (χ1v) is 5.39. The topological polar surface area (TPSA) is 26.3 Å². The monoisotopic (exact) mass is 226 g/mol. The van der Waals surface area contributed by atoms with Gasteiger partial charge in [-0.25, -0.2) is 4.79 Å². The first-order chi connectivity index (χ1) is 6.75. The minimum absolute atomic E-state index is 0.245. The highest BCUT2D eigenvalue weighted by atomic mass is 35.5. The molecule has 72 valence electrons. The molecule has 2 nitrogen and oxygen atoms in total. The first kappa shape index (κ1) is 9.62. The molecule has 0 aromatic heterocycles. The Hall–Kier alpha value is -0.930. The normalized spacial score (nSPS) is 18.6. The van der Waals surface area contributed by atoms with Crippen molar-refractivity contribution in [3.63, 3.8) is 0 Å². The van der Waals surface area contributed by atoms with Crippen molar-refractivity contribution in [1.29, 1.82) is 0 Å². The van der Waals surface area contributed by atoms with E-state index in [2.05, 4.69) is 0 Å². The van der Waals surface area contributed by atoms with Gasteiger partial charge in [0.1, 0.15) is 5.94 Å². The van der Waals surface area contributed by atoms with Crippen molar-refractivity contribution < 1.29 is 9.53 Å². The van der Waals surface area contributed by atoms with Crippen LogP contribution in [-0.4, -0.2) is 11.9 Å². The fourth-order valence-electron chi connectivity index (χ4n) is 1.09. The maximum absolute atomic E-state index is 11.1. The Kier molecular flexibility index (Phi) is 2.79. The van der Waals surface area contributed by atoms with E-state index in [0.29, 0.717) is 15.9 Å². The van der Waals surface area contributed by atoms with Crippen molar-refractivity contribution in [3.8, 4) is 0 Å². The Bertz CT molecular complexity index is 384. The van der Waals surface area contributed by atoms with Crippen LogP contribution in [0.4, 0.5) is 0 Å². The predicted molar refractivity (Wildman–Crippen MR) is 58.0 cm³/mol. The molecule has 1 aromatic rings. The Morgan fingerprint density at radius 1 is 1.36 bits per heavy atom. The van der Waals surface area contributed by atoms with Crippen LogP contribution in [0.5, 0.6) is 0 Å². The molecule has 1 aliphatic heterocycles. The standard InChI is InChI=1S/C10H7ClO2S/c11-8-3-1-7(2-4-8)5-9-10(12)13-6-14-9/h1-5H,6H2/b9-5-. The van der Waals surface area contributed by atoms with Crippen LogP contribution in [-0.2, 0) is 9.53 Å². The molecule has 1 fully saturated rings. The summed E-state index contributed by atoms with van der Waals surface area (Å²) in [5.74, 6) is 0.170. The second kappa shape index (κ2) is 4.07. The molecule has 0 aliphatic carbocycles. The lowest BCUT2D eigenvalue weighted by Crippen LogP contribution is -1.93. The summed E-state index contributed by atoms with van der Waals surface area (Å²) >= 11 is 7.15. The molecule has 1 aliphatic rings. The molecule has 4 heteroatoms. The first-order valence-electron chi connectivity index (χ1n) is 4.03. The minimum atomic E-state index is -0.245. The van der Waals surface area contributed by atoms with E-state index in [4.69, 9.17) is 16.3 Å². The SMILES string of the molecule is O=C1OCS/C1=C\c1ccc(Cl)cc1. The Labute approximate surface area is 90.9 Å². The molecular weight excluding hydrogens is 220 g/mol. The van der Waals surface area contributed by atoms with Gasteiger partial charge >= 0.3 is 5.97 Å². The van der Waals surface area contributed by atoms with Gasteiger partial charge in [0.15, 0.2) is 0 Å². The van der Waals surface area contributed by atoms with E-state index in [9.17, 15) is 4.79 Å². The molecule has 0 N–H and O–H groups in total. The molecule has 0 saturated carbocycles. The highest BCUT2D eigenvalue weighted by molar-refractivity contribution is 8.04. The van der Waals surface area contributed by atoms with Crippen LogP contribution < -0.4 is 0 Å². The number of carbonyl (C=O) groups is 1. The summed E-state index contributed by atoms with van der Waals surface area (Å²) in [6.45, 7) is 0. The largest absolute Gasteiger partial charge is 0.450 e. The molecule has 0 bridgehead atoms. The van der Waals surface area contributed by atoms with Gasteiger partial charge in [0.25, 0.3) is 0 Å². The number of esters is 1. The third-order valence-electron chi connectivity index (χ3n) is 1.77. The van der Waals surface area contributed by atoms with Gasteiger partial charge in [-0.3, -0.25) is 0 Å². The molecule has 1 saturated heterocycles. The average molecular weight is 227 g/mol. The quantitative estimate of drug-likeness (QED) is 0.544. The van der Waals surface area contributed by atoms with E-state index < -0.39 is 0 Å². The van der Waals surface area contributed by atoms with Crippen molar-refractivity contribution in [2.75, 3.05) is 5.94 Å². The second-order valence-corrected chi connectivity index (χ2v) is 4.15. The lowest BCUT2D eigenvalue weighted by Gasteiger charge is -1.94. The smallest absolute Gasteiger partial charge is 0.345 e. The molecule has 14 heavy (non-hydrogen) atoms. The Morgan fingerprint density at radius 2 is 2.07 bits per heavy atom. The van der Waals surface area contributed by atoms with Crippen LogP contribution in [0.2, 0.25) is 5.02 Å². The maximum Gasteiger partial charge on any atom is 0.345 e. The highest BCUT2D eigenvalue weighted by Gasteiger charge is 2.18. The number of thioether (sulfide) groups is 1. The van der Waals surface area contributed by atoms with Gasteiger partial charge in [-0.1, -0.05) is 35.5 Å². The van der Waals surface area contributed by atoms with Gasteiger partial charge in [0, 0.05) is 5.02 Å². The highest BCUT2D eigenvalue weighted by Crippen LogP contribution is 2.27. The van der Waals surface area contributed by atoms with Crippen LogP contribution >= 0.6 is 23.4 Å². The zero-order valence-electron chi connectivity index (χ0n) is 7.20. The zero-order valence-corrected chi connectivity index (χ0v) is 8.77. The fourth-order valence-corrected chi connectivity index (χ4v) is 1.90. The van der Waals surface area contributed by atoms with E-state index in [0.717, 1.165) is 5.56 Å². The van der Waals surface area contributed by atoms with Gasteiger partial charge < -0.3 is 4.74 Å². The van der Waals surface area contributed by atoms with E-state index in [1.807, 2.05) is 12.1 Å². The summed E-state index contributed by atoms with van der Waals surface area (Å²) in [5.41, 5.74) is 0.954. The molecule has 1 aromatic carbocycles. The molecule has 0 atom stereocenters. The fraction of sp³-hybridized carbons (Fsp3) is 0.100. The van der Waals surface area contributed by atoms with Crippen LogP contribution in [0, 0.1) is 0 Å². The lowest BCUT2D eigenvalue weighted by atomic mass is 10.2. The van der Waals surface area contributed by atoms with Crippen LogP contribution in [0.15, 0.2) is 29.2 Å². The summed E-state index contributed by atoms with van der Waals surface area (Å²) in [6.07, 6.45) is 1.80. The molecule has 0 unspecified atom stereocenters. The summed E-state index contributed by atoms with van der Waals surface area (Å²) in [6, 6.07) is 7.31. The number of hydrogen-bond acceptors (Lipinski definition) is 3. The van der Waals surface area contributed by atoms with Crippen LogP contribution in [0.3, 0.4) is 0 Å². The zero-order chi connectivity index (χ0) is 9.97. The predicted octanol–water partition coefficient (Wildman–Crippen LogP) is 2.93. The van der Waals surface area contributed by atoms with E-state index in [1.54, 1.807) is 18.2 Å². The minimum Gasteiger partial charge on any atom is -0.450 e. The molecule has 0 amide bonds. The number of cyclic esters (lactones) is 1. The number of ether oxygens (including phenoxy) is 1. The second-order valence-electron chi connectivity index (χ2n) is 2.75. The molecule has 2 rings (SSSR count). The molecule has 0 radical (unpaired) electrons. The summed E-state index contributed by atoms with van der Waals surface area (Å²) in [7, 11) is 0. The van der Waals surface area contributed by atoms with Gasteiger partial charge in [-0.05, 0) is 23.8 Å². The number of benzene rings is 1. The van der Waals surface area contributed by atoms with Crippen LogP contribution in [0.1, 0.15) is 5.56 Å². The molecule has 1 heterocycles. The number of halogens is 1. The Balaban J connectivity index is 2.24. The maximum atomic E-state index is 11.1. The number of hydrogen-bond donors (Lipinski definition) is 0. The average Bonchev–Trinajstić information content (AvgIpc) is 2.56. The van der Waals surface area contributed by atoms with Crippen molar-refractivity contribution in [2.24, 2.45) is 0 Å². The van der Waals surface area contributed by atoms with Crippen molar-refractivity contribution >= 4 is 35.4 Å². The van der Waals surface area contributed by atoms with E-state index in [1.165, 1.54) is 11.8 Å². The number of carbonyl (C=O) groups excluding carboxylic acids is 1. The van der Waals surface area contributed by atoms with Gasteiger partial charge in [0.05, 0.1) is 4.91 Å². The lowest BCUT2D eigenvalue weighted by molar-refractivity contribution is -0.134. The van der Waals surface area contributed by atoms with Crippen molar-refractivity contribution in [2.45, 2.75) is 0 Å². The van der Waals surface area contributed by atoms with Crippen LogP contribution in [0.25, 0.3) is 6.08 Å². The van der Waals surface area contributed by atoms with E-state index in [-0.39, 0.29) is 5.97 Å². The summed E-state index contributed by atoms with van der Waals surface area (Å²) in [5, 5.41) is 0.689. The Morgan fingerprint density at radius 3 is 2.64 bits per heavy atom. The van der Waals surface area contributed by atoms with Gasteiger partial charge in [-0.2, -0.15) is 0 Å². The van der Waals surface area contributed by atoms with Crippen molar-refractivity contribution in [3.05, 3.63) is 39.8 Å². The van der Waals surface area contributed by atoms with Gasteiger partial charge in [-0.15, -0.1) is 0 Å². The van der Waals surface area contributed by atoms with Gasteiger partial charge in [0.2, 0.25) is 0 Å². The molecule has 0 spiro atoms. The van der Waals surface area contributed by atoms with Crippen molar-refractivity contribution in [1.82, 2.24) is 0 Å². The summed E-state index contributed by atoms with van der Waals surface area (Å²) < 4.78 is 4.79. The number of rotatable bonds is 1. The molecular formula is C10H7ClO2S.